The van der Waals surface area contributed by atoms with E-state index in [0.29, 0.717) is 5.02 Å². The largest absolute Gasteiger partial charge is 0.444 e. The molecule has 2 N–H and O–H groups in total. The fraction of sp³-hybridized carbons (Fsp3) is 0.500. The van der Waals surface area contributed by atoms with Crippen molar-refractivity contribution in [3.05, 3.63) is 34.9 Å². The Morgan fingerprint density at radius 1 is 1.32 bits per heavy atom. The van der Waals surface area contributed by atoms with Gasteiger partial charge in [-0.1, -0.05) is 23.7 Å². The smallest absolute Gasteiger partial charge is 0.408 e. The molecule has 2 atom stereocenters. The number of alkyl carbamates (subject to hydrolysis) is 1. The molecule has 0 aromatic heterocycles. The highest BCUT2D eigenvalue weighted by molar-refractivity contribution is 6.30. The maximum absolute atomic E-state index is 11.7. The summed E-state index contributed by atoms with van der Waals surface area (Å²) in [4.78, 5) is 11.7. The number of rotatable bonds is 3. The Morgan fingerprint density at radius 3 is 2.26 bits per heavy atom. The molecule has 5 heteroatoms. The zero-order valence-electron chi connectivity index (χ0n) is 11.6. The Hall–Kier alpha value is -1.26. The van der Waals surface area contributed by atoms with E-state index in [4.69, 9.17) is 16.3 Å². The monoisotopic (exact) mass is 285 g/mol. The number of carbonyl (C=O) groups excluding carboxylic acids is 1. The minimum Gasteiger partial charge on any atom is -0.444 e. The molecule has 0 aliphatic rings. The second-order valence-corrected chi connectivity index (χ2v) is 5.85. The van der Waals surface area contributed by atoms with Crippen LogP contribution in [0.1, 0.15) is 39.3 Å². The lowest BCUT2D eigenvalue weighted by molar-refractivity contribution is 0.0436. The standard InChI is InChI=1S/C14H20ClNO3/c1-9(17)12(10-5-7-11(15)8-6-10)16-13(18)19-14(2,3)4/h5-9,12,17H,1-4H3,(H,16,18)/t9-,12-/m1/s1. The summed E-state index contributed by atoms with van der Waals surface area (Å²) < 4.78 is 5.18. The van der Waals surface area contributed by atoms with Crippen molar-refractivity contribution in [2.75, 3.05) is 0 Å². The normalized spacial score (nSPS) is 14.6. The molecule has 0 heterocycles. The summed E-state index contributed by atoms with van der Waals surface area (Å²) in [5.41, 5.74) is 0.193. The van der Waals surface area contributed by atoms with E-state index in [1.54, 1.807) is 52.0 Å². The van der Waals surface area contributed by atoms with Crippen LogP contribution in [0.3, 0.4) is 0 Å². The number of nitrogens with one attached hydrogen (secondary N) is 1. The number of aliphatic hydroxyl groups excluding tert-OH is 1. The van der Waals surface area contributed by atoms with Crippen LogP contribution in [0.2, 0.25) is 5.02 Å². The fourth-order valence-corrected chi connectivity index (χ4v) is 1.71. The summed E-state index contributed by atoms with van der Waals surface area (Å²) >= 11 is 5.81. The summed E-state index contributed by atoms with van der Waals surface area (Å²) in [5.74, 6) is 0. The van der Waals surface area contributed by atoms with Gasteiger partial charge in [0.05, 0.1) is 12.1 Å². The molecule has 1 aromatic carbocycles. The van der Waals surface area contributed by atoms with Gasteiger partial charge in [0, 0.05) is 5.02 Å². The second-order valence-electron chi connectivity index (χ2n) is 5.42. The minimum absolute atomic E-state index is 0.535. The zero-order valence-corrected chi connectivity index (χ0v) is 12.4. The van der Waals surface area contributed by atoms with Gasteiger partial charge in [-0.15, -0.1) is 0 Å². The molecule has 1 amide bonds. The third-order valence-electron chi connectivity index (χ3n) is 2.38. The highest BCUT2D eigenvalue weighted by Crippen LogP contribution is 2.20. The number of benzene rings is 1. The van der Waals surface area contributed by atoms with Crippen LogP contribution < -0.4 is 5.32 Å². The van der Waals surface area contributed by atoms with Crippen LogP contribution in [0.5, 0.6) is 0 Å². The Morgan fingerprint density at radius 2 is 1.84 bits per heavy atom. The number of amides is 1. The zero-order chi connectivity index (χ0) is 14.6. The van der Waals surface area contributed by atoms with Gasteiger partial charge in [-0.2, -0.15) is 0 Å². The first kappa shape index (κ1) is 15.8. The van der Waals surface area contributed by atoms with Crippen molar-refractivity contribution in [3.63, 3.8) is 0 Å². The molecule has 1 aromatic rings. The van der Waals surface area contributed by atoms with E-state index in [9.17, 15) is 9.90 Å². The highest BCUT2D eigenvalue weighted by atomic mass is 35.5. The number of ether oxygens (including phenoxy) is 1. The van der Waals surface area contributed by atoms with Crippen LogP contribution in [-0.4, -0.2) is 22.9 Å². The number of carbonyl (C=O) groups is 1. The van der Waals surface area contributed by atoms with E-state index < -0.39 is 23.8 Å². The Bertz CT molecular complexity index is 423. The molecule has 19 heavy (non-hydrogen) atoms. The topological polar surface area (TPSA) is 58.6 Å². The lowest BCUT2D eigenvalue weighted by Crippen LogP contribution is -2.38. The number of aliphatic hydroxyl groups is 1. The molecule has 0 saturated heterocycles. The number of hydrogen-bond acceptors (Lipinski definition) is 3. The van der Waals surface area contributed by atoms with Gasteiger partial charge in [-0.05, 0) is 45.4 Å². The Balaban J connectivity index is 2.79. The van der Waals surface area contributed by atoms with Crippen molar-refractivity contribution >= 4 is 17.7 Å². The van der Waals surface area contributed by atoms with Crippen molar-refractivity contribution in [3.8, 4) is 0 Å². The van der Waals surface area contributed by atoms with Crippen LogP contribution in [0.15, 0.2) is 24.3 Å². The summed E-state index contributed by atoms with van der Waals surface area (Å²) in [6, 6.07) is 6.41. The first-order valence-corrected chi connectivity index (χ1v) is 6.50. The van der Waals surface area contributed by atoms with Crippen LogP contribution in [0.4, 0.5) is 4.79 Å². The predicted molar refractivity (Wildman–Crippen MR) is 75.2 cm³/mol. The molecule has 1 rings (SSSR count). The van der Waals surface area contributed by atoms with E-state index in [1.807, 2.05) is 0 Å². The summed E-state index contributed by atoms with van der Waals surface area (Å²) in [5, 5.41) is 13.0. The molecule has 106 valence electrons. The van der Waals surface area contributed by atoms with Crippen LogP contribution in [0, 0.1) is 0 Å². The van der Waals surface area contributed by atoms with Gasteiger partial charge in [0.25, 0.3) is 0 Å². The lowest BCUT2D eigenvalue weighted by atomic mass is 10.0. The maximum atomic E-state index is 11.7. The van der Waals surface area contributed by atoms with E-state index >= 15 is 0 Å². The molecular weight excluding hydrogens is 266 g/mol. The van der Waals surface area contributed by atoms with Gasteiger partial charge in [0.2, 0.25) is 0 Å². The van der Waals surface area contributed by atoms with Crippen molar-refractivity contribution < 1.29 is 14.6 Å². The predicted octanol–water partition coefficient (Wildman–Crippen LogP) is 3.29. The van der Waals surface area contributed by atoms with E-state index in [2.05, 4.69) is 5.32 Å². The van der Waals surface area contributed by atoms with Crippen LogP contribution in [-0.2, 0) is 4.74 Å². The molecule has 0 aliphatic heterocycles. The van der Waals surface area contributed by atoms with Gasteiger partial charge >= 0.3 is 6.09 Å². The van der Waals surface area contributed by atoms with Gasteiger partial charge in [0.15, 0.2) is 0 Å². The first-order valence-electron chi connectivity index (χ1n) is 6.12. The molecule has 0 unspecified atom stereocenters. The van der Waals surface area contributed by atoms with Gasteiger partial charge in [-0.25, -0.2) is 4.79 Å². The van der Waals surface area contributed by atoms with Crippen LogP contribution in [0.25, 0.3) is 0 Å². The van der Waals surface area contributed by atoms with Crippen LogP contribution >= 0.6 is 11.6 Å². The SMILES string of the molecule is C[C@@H](O)[C@@H](NC(=O)OC(C)(C)C)c1ccc(Cl)cc1. The molecule has 0 spiro atoms. The molecule has 0 saturated carbocycles. The van der Waals surface area contributed by atoms with Gasteiger partial charge in [0.1, 0.15) is 5.60 Å². The lowest BCUT2D eigenvalue weighted by Gasteiger charge is -2.25. The molecule has 0 fully saturated rings. The maximum Gasteiger partial charge on any atom is 0.408 e. The molecule has 4 nitrogen and oxygen atoms in total. The van der Waals surface area contributed by atoms with Gasteiger partial charge in [-0.3, -0.25) is 0 Å². The van der Waals surface area contributed by atoms with Crippen molar-refractivity contribution in [1.82, 2.24) is 5.32 Å². The summed E-state index contributed by atoms with van der Waals surface area (Å²) in [6.07, 6.45) is -1.30. The Labute approximate surface area is 118 Å². The first-order chi connectivity index (χ1) is 8.69. The third-order valence-corrected chi connectivity index (χ3v) is 2.64. The molecule has 0 radical (unpaired) electrons. The van der Waals surface area contributed by atoms with E-state index in [-0.39, 0.29) is 0 Å². The average molecular weight is 286 g/mol. The fourth-order valence-electron chi connectivity index (χ4n) is 1.59. The third kappa shape index (κ3) is 5.49. The number of hydrogen-bond donors (Lipinski definition) is 2. The van der Waals surface area contributed by atoms with Crippen molar-refractivity contribution in [2.45, 2.75) is 45.4 Å². The Kier molecular flexibility index (Phi) is 5.20. The van der Waals surface area contributed by atoms with Crippen molar-refractivity contribution in [2.24, 2.45) is 0 Å². The highest BCUT2D eigenvalue weighted by Gasteiger charge is 2.23. The van der Waals surface area contributed by atoms with Crippen molar-refractivity contribution in [1.29, 1.82) is 0 Å². The van der Waals surface area contributed by atoms with E-state index in [1.165, 1.54) is 0 Å². The molecular formula is C14H20ClNO3. The molecule has 0 aliphatic carbocycles. The number of halogens is 1. The summed E-state index contributed by atoms with van der Waals surface area (Å²) in [7, 11) is 0. The van der Waals surface area contributed by atoms with Gasteiger partial charge < -0.3 is 15.2 Å². The molecule has 0 bridgehead atoms. The quantitative estimate of drug-likeness (QED) is 0.896. The average Bonchev–Trinajstić information content (AvgIpc) is 2.24. The van der Waals surface area contributed by atoms with E-state index in [0.717, 1.165) is 5.56 Å². The second kappa shape index (κ2) is 6.26. The minimum atomic E-state index is -0.742. The summed E-state index contributed by atoms with van der Waals surface area (Å²) in [6.45, 7) is 6.96.